The third kappa shape index (κ3) is 3.30. The van der Waals surface area contributed by atoms with Gasteiger partial charge in [0.15, 0.2) is 9.37 Å². The number of nitrogens with zero attached hydrogens (tertiary/aromatic N) is 5. The van der Waals surface area contributed by atoms with Crippen LogP contribution in [0.4, 0.5) is 10.8 Å². The molecular formula is C12H13N5O2S2. The maximum Gasteiger partial charge on any atom is 0.301 e. The molecule has 1 saturated heterocycles. The Morgan fingerprint density at radius 1 is 1.29 bits per heavy atom. The third-order valence-electron chi connectivity index (χ3n) is 3.15. The van der Waals surface area contributed by atoms with Crippen LogP contribution in [-0.4, -0.2) is 33.2 Å². The normalized spacial score (nSPS) is 15.1. The molecule has 7 nitrogen and oxygen atoms in total. The lowest BCUT2D eigenvalue weighted by molar-refractivity contribution is -0.388. The van der Waals surface area contributed by atoms with Gasteiger partial charge < -0.3 is 4.90 Å². The lowest BCUT2D eigenvalue weighted by atomic mass is 10.1. The van der Waals surface area contributed by atoms with Crippen LogP contribution in [0.1, 0.15) is 19.3 Å². The number of rotatable bonds is 4. The van der Waals surface area contributed by atoms with Crippen LogP contribution < -0.4 is 4.90 Å². The smallest absolute Gasteiger partial charge is 0.301 e. The molecule has 1 aliphatic heterocycles. The lowest BCUT2D eigenvalue weighted by Gasteiger charge is -2.25. The van der Waals surface area contributed by atoms with Gasteiger partial charge in [-0.3, -0.25) is 10.1 Å². The molecule has 0 atom stereocenters. The lowest BCUT2D eigenvalue weighted by Crippen LogP contribution is -2.29. The van der Waals surface area contributed by atoms with Crippen LogP contribution in [0.5, 0.6) is 0 Å². The number of pyridine rings is 1. The standard InChI is InChI=1S/C12H13N5O2S2/c18-17(19)9-5-4-6-13-10(9)20-12-15-14-11(21-12)16-7-2-1-3-8-16/h4-6H,1-3,7-8H2. The van der Waals surface area contributed by atoms with Gasteiger partial charge in [-0.05, 0) is 37.1 Å². The molecule has 110 valence electrons. The summed E-state index contributed by atoms with van der Waals surface area (Å²) in [6.07, 6.45) is 5.15. The number of hydrogen-bond acceptors (Lipinski definition) is 8. The fraction of sp³-hybridized carbons (Fsp3) is 0.417. The minimum atomic E-state index is -0.429. The number of nitro groups is 1. The molecule has 3 heterocycles. The van der Waals surface area contributed by atoms with Crippen molar-refractivity contribution in [1.82, 2.24) is 15.2 Å². The molecule has 2 aromatic rings. The quantitative estimate of drug-likeness (QED) is 0.631. The van der Waals surface area contributed by atoms with Crippen molar-refractivity contribution in [1.29, 1.82) is 0 Å². The van der Waals surface area contributed by atoms with Crippen LogP contribution in [-0.2, 0) is 0 Å². The van der Waals surface area contributed by atoms with E-state index in [1.165, 1.54) is 48.4 Å². The van der Waals surface area contributed by atoms with E-state index in [1.54, 1.807) is 12.3 Å². The van der Waals surface area contributed by atoms with Crippen LogP contribution in [0.25, 0.3) is 0 Å². The van der Waals surface area contributed by atoms with E-state index in [4.69, 9.17) is 0 Å². The topological polar surface area (TPSA) is 85.0 Å². The molecular weight excluding hydrogens is 310 g/mol. The minimum absolute atomic E-state index is 0.00257. The van der Waals surface area contributed by atoms with Gasteiger partial charge in [0.1, 0.15) is 0 Å². The zero-order valence-electron chi connectivity index (χ0n) is 11.1. The average molecular weight is 323 g/mol. The molecule has 0 saturated carbocycles. The summed E-state index contributed by atoms with van der Waals surface area (Å²) in [5, 5.41) is 20.5. The summed E-state index contributed by atoms with van der Waals surface area (Å²) >= 11 is 2.65. The van der Waals surface area contributed by atoms with Crippen LogP contribution in [0.3, 0.4) is 0 Å². The Bertz CT molecular complexity index is 642. The zero-order chi connectivity index (χ0) is 14.7. The van der Waals surface area contributed by atoms with Gasteiger partial charge in [-0.1, -0.05) is 11.3 Å². The van der Waals surface area contributed by atoms with E-state index in [-0.39, 0.29) is 5.69 Å². The van der Waals surface area contributed by atoms with E-state index in [2.05, 4.69) is 20.1 Å². The molecule has 0 N–H and O–H groups in total. The molecule has 0 unspecified atom stereocenters. The first-order chi connectivity index (χ1) is 10.2. The summed E-state index contributed by atoms with van der Waals surface area (Å²) in [4.78, 5) is 16.8. The van der Waals surface area contributed by atoms with Gasteiger partial charge in [-0.25, -0.2) is 4.98 Å². The third-order valence-corrected chi connectivity index (χ3v) is 5.20. The van der Waals surface area contributed by atoms with Gasteiger partial charge in [-0.2, -0.15) is 0 Å². The Morgan fingerprint density at radius 2 is 2.10 bits per heavy atom. The van der Waals surface area contributed by atoms with Crippen molar-refractivity contribution in [3.05, 3.63) is 28.4 Å². The fourth-order valence-electron chi connectivity index (χ4n) is 2.14. The Balaban J connectivity index is 1.77. The molecule has 9 heteroatoms. The van der Waals surface area contributed by atoms with Crippen molar-refractivity contribution in [3.8, 4) is 0 Å². The van der Waals surface area contributed by atoms with E-state index >= 15 is 0 Å². The summed E-state index contributed by atoms with van der Waals surface area (Å²) in [5.41, 5.74) is -0.00257. The molecule has 0 spiro atoms. The van der Waals surface area contributed by atoms with Gasteiger partial charge in [0.25, 0.3) is 0 Å². The van der Waals surface area contributed by atoms with Crippen LogP contribution in [0.2, 0.25) is 0 Å². The monoisotopic (exact) mass is 323 g/mol. The van der Waals surface area contributed by atoms with E-state index in [9.17, 15) is 10.1 Å². The Morgan fingerprint density at radius 3 is 2.86 bits per heavy atom. The number of piperidine rings is 1. The Labute approximate surface area is 129 Å². The van der Waals surface area contributed by atoms with Crippen LogP contribution >= 0.6 is 23.1 Å². The highest BCUT2D eigenvalue weighted by Crippen LogP contribution is 2.36. The molecule has 1 aliphatic rings. The van der Waals surface area contributed by atoms with Gasteiger partial charge in [0, 0.05) is 25.4 Å². The van der Waals surface area contributed by atoms with Gasteiger partial charge in [0.2, 0.25) is 5.13 Å². The Hall–Kier alpha value is -1.74. The van der Waals surface area contributed by atoms with E-state index < -0.39 is 4.92 Å². The average Bonchev–Trinajstić information content (AvgIpc) is 2.97. The van der Waals surface area contributed by atoms with Crippen molar-refractivity contribution in [2.45, 2.75) is 28.6 Å². The zero-order valence-corrected chi connectivity index (χ0v) is 12.8. The summed E-state index contributed by atoms with van der Waals surface area (Å²) in [5.74, 6) is 0. The predicted molar refractivity (Wildman–Crippen MR) is 81.0 cm³/mol. The summed E-state index contributed by atoms with van der Waals surface area (Å²) in [6.45, 7) is 2.01. The summed E-state index contributed by atoms with van der Waals surface area (Å²) in [6, 6.07) is 3.00. The highest BCUT2D eigenvalue weighted by atomic mass is 32.2. The van der Waals surface area contributed by atoms with Crippen LogP contribution in [0, 0.1) is 10.1 Å². The van der Waals surface area contributed by atoms with Crippen molar-refractivity contribution >= 4 is 33.9 Å². The molecule has 0 aromatic carbocycles. The first-order valence-electron chi connectivity index (χ1n) is 6.60. The summed E-state index contributed by atoms with van der Waals surface area (Å²) < 4.78 is 0.678. The van der Waals surface area contributed by atoms with Gasteiger partial charge in [-0.15, -0.1) is 10.2 Å². The number of anilines is 1. The fourth-order valence-corrected chi connectivity index (χ4v) is 4.01. The molecule has 0 radical (unpaired) electrons. The number of aromatic nitrogens is 3. The second-order valence-corrected chi connectivity index (χ2v) is 6.78. The molecule has 1 fully saturated rings. The van der Waals surface area contributed by atoms with E-state index in [0.717, 1.165) is 18.2 Å². The largest absolute Gasteiger partial charge is 0.347 e. The first-order valence-corrected chi connectivity index (χ1v) is 8.23. The number of hydrogen-bond donors (Lipinski definition) is 0. The van der Waals surface area contributed by atoms with E-state index in [0.29, 0.717) is 9.37 Å². The molecule has 0 aliphatic carbocycles. The van der Waals surface area contributed by atoms with Crippen molar-refractivity contribution < 1.29 is 4.92 Å². The highest BCUT2D eigenvalue weighted by Gasteiger charge is 2.20. The molecule has 0 amide bonds. The van der Waals surface area contributed by atoms with Gasteiger partial charge in [0.05, 0.1) is 4.92 Å². The molecule has 2 aromatic heterocycles. The maximum atomic E-state index is 11.0. The minimum Gasteiger partial charge on any atom is -0.347 e. The molecule has 21 heavy (non-hydrogen) atoms. The van der Waals surface area contributed by atoms with E-state index in [1.807, 2.05) is 0 Å². The van der Waals surface area contributed by atoms with Crippen molar-refractivity contribution in [3.63, 3.8) is 0 Å². The summed E-state index contributed by atoms with van der Waals surface area (Å²) in [7, 11) is 0. The van der Waals surface area contributed by atoms with Crippen LogP contribution in [0.15, 0.2) is 27.7 Å². The molecule has 3 rings (SSSR count). The highest BCUT2D eigenvalue weighted by molar-refractivity contribution is 8.01. The predicted octanol–water partition coefficient (Wildman–Crippen LogP) is 2.98. The Kier molecular flexibility index (Phi) is 4.30. The second-order valence-electron chi connectivity index (χ2n) is 4.59. The second kappa shape index (κ2) is 6.35. The maximum absolute atomic E-state index is 11.0. The van der Waals surface area contributed by atoms with Crippen molar-refractivity contribution in [2.75, 3.05) is 18.0 Å². The SMILES string of the molecule is O=[N+]([O-])c1cccnc1Sc1nnc(N2CCCCC2)s1. The first kappa shape index (κ1) is 14.2. The van der Waals surface area contributed by atoms with Gasteiger partial charge >= 0.3 is 5.69 Å². The van der Waals surface area contributed by atoms with Crippen molar-refractivity contribution in [2.24, 2.45) is 0 Å². The molecule has 0 bridgehead atoms.